The Kier molecular flexibility index (Phi) is 6.05. The maximum Gasteiger partial charge on any atom is 0.193 e. The second-order valence-electron chi connectivity index (χ2n) is 6.18. The molecule has 116 valence electrons. The van der Waals surface area contributed by atoms with Crippen LogP contribution < -0.4 is 11.1 Å². The maximum absolute atomic E-state index is 5.95. The van der Waals surface area contributed by atoms with Gasteiger partial charge in [-0.2, -0.15) is 0 Å². The Morgan fingerprint density at radius 2 is 1.90 bits per heavy atom. The summed E-state index contributed by atoms with van der Waals surface area (Å²) in [6.07, 6.45) is 4.07. The molecule has 1 aromatic rings. The molecule has 0 saturated carbocycles. The second kappa shape index (κ2) is 8.03. The molecule has 0 bridgehead atoms. The molecule has 1 unspecified atom stereocenters. The number of nitrogens with zero attached hydrogens (tertiary/aromatic N) is 2. The number of aryl methyl sites for hydroxylation is 1. The van der Waals surface area contributed by atoms with Crippen LogP contribution in [-0.4, -0.2) is 37.0 Å². The molecular weight excluding hydrogens is 260 g/mol. The molecule has 3 N–H and O–H groups in total. The normalized spacial score (nSPS) is 18.5. The van der Waals surface area contributed by atoms with Gasteiger partial charge in [-0.05, 0) is 50.9 Å². The highest BCUT2D eigenvalue weighted by molar-refractivity contribution is 5.92. The van der Waals surface area contributed by atoms with Crippen molar-refractivity contribution in [3.8, 4) is 0 Å². The van der Waals surface area contributed by atoms with Crippen LogP contribution in [0.2, 0.25) is 0 Å². The van der Waals surface area contributed by atoms with E-state index in [-0.39, 0.29) is 0 Å². The first kappa shape index (κ1) is 15.8. The lowest BCUT2D eigenvalue weighted by Gasteiger charge is -2.28. The van der Waals surface area contributed by atoms with E-state index < -0.39 is 0 Å². The van der Waals surface area contributed by atoms with Crippen molar-refractivity contribution in [2.24, 2.45) is 16.6 Å². The van der Waals surface area contributed by atoms with Crippen molar-refractivity contribution in [3.05, 3.63) is 29.8 Å². The average molecular weight is 288 g/mol. The van der Waals surface area contributed by atoms with E-state index in [1.54, 1.807) is 0 Å². The molecule has 1 aromatic carbocycles. The van der Waals surface area contributed by atoms with Crippen LogP contribution in [0, 0.1) is 12.8 Å². The number of hydrogen-bond donors (Lipinski definition) is 2. The van der Waals surface area contributed by atoms with Gasteiger partial charge in [0, 0.05) is 18.8 Å². The number of likely N-dealkylation sites (tertiary alicyclic amines) is 1. The van der Waals surface area contributed by atoms with E-state index in [0.717, 1.165) is 18.8 Å². The summed E-state index contributed by atoms with van der Waals surface area (Å²) in [4.78, 5) is 7.01. The number of nitrogens with one attached hydrogen (secondary N) is 1. The van der Waals surface area contributed by atoms with Crippen molar-refractivity contribution in [2.75, 3.05) is 31.5 Å². The van der Waals surface area contributed by atoms with Crippen molar-refractivity contribution >= 4 is 11.6 Å². The summed E-state index contributed by atoms with van der Waals surface area (Å²) in [6, 6.07) is 8.17. The van der Waals surface area contributed by atoms with Gasteiger partial charge in [0.2, 0.25) is 0 Å². The SMILES string of the molecule is Cc1ccc(NC(N)=NCC(C)CN2CCCCC2)cc1. The van der Waals surface area contributed by atoms with Crippen LogP contribution in [0.4, 0.5) is 5.69 Å². The minimum absolute atomic E-state index is 0.504. The fourth-order valence-corrected chi connectivity index (χ4v) is 2.72. The van der Waals surface area contributed by atoms with E-state index in [1.165, 1.54) is 37.9 Å². The van der Waals surface area contributed by atoms with Gasteiger partial charge in [0.15, 0.2) is 5.96 Å². The first-order valence-electron chi connectivity index (χ1n) is 7.99. The quantitative estimate of drug-likeness (QED) is 0.647. The van der Waals surface area contributed by atoms with Crippen LogP contribution in [0.3, 0.4) is 0 Å². The standard InChI is InChI=1S/C17H28N4/c1-14-6-8-16(9-7-14)20-17(18)19-12-15(2)13-21-10-4-3-5-11-21/h6-9,15H,3-5,10-13H2,1-2H3,(H3,18,19,20). The van der Waals surface area contributed by atoms with Crippen molar-refractivity contribution < 1.29 is 0 Å². The van der Waals surface area contributed by atoms with Gasteiger partial charge in [0.1, 0.15) is 0 Å². The highest BCUT2D eigenvalue weighted by Gasteiger charge is 2.13. The zero-order valence-corrected chi connectivity index (χ0v) is 13.3. The van der Waals surface area contributed by atoms with Crippen molar-refractivity contribution in [3.63, 3.8) is 0 Å². The molecule has 1 fully saturated rings. The molecule has 2 rings (SSSR count). The average Bonchev–Trinajstić information content (AvgIpc) is 2.49. The molecule has 0 spiro atoms. The van der Waals surface area contributed by atoms with E-state index in [9.17, 15) is 0 Å². The predicted molar refractivity (Wildman–Crippen MR) is 90.7 cm³/mol. The fourth-order valence-electron chi connectivity index (χ4n) is 2.72. The van der Waals surface area contributed by atoms with Crippen LogP contribution in [0.15, 0.2) is 29.3 Å². The zero-order valence-electron chi connectivity index (χ0n) is 13.3. The summed E-state index contributed by atoms with van der Waals surface area (Å²) in [7, 11) is 0. The van der Waals surface area contributed by atoms with E-state index in [0.29, 0.717) is 11.9 Å². The number of piperidine rings is 1. The number of hydrogen-bond acceptors (Lipinski definition) is 2. The Hall–Kier alpha value is -1.55. The van der Waals surface area contributed by atoms with Gasteiger partial charge in [-0.3, -0.25) is 4.99 Å². The van der Waals surface area contributed by atoms with Crippen LogP contribution in [0.1, 0.15) is 31.7 Å². The predicted octanol–water partition coefficient (Wildman–Crippen LogP) is 2.84. The topological polar surface area (TPSA) is 53.6 Å². The van der Waals surface area contributed by atoms with Crippen molar-refractivity contribution in [1.82, 2.24) is 4.90 Å². The van der Waals surface area contributed by atoms with Gasteiger partial charge in [-0.25, -0.2) is 0 Å². The van der Waals surface area contributed by atoms with E-state index in [2.05, 4.69) is 41.2 Å². The van der Waals surface area contributed by atoms with Gasteiger partial charge >= 0.3 is 0 Å². The number of guanidine groups is 1. The first-order chi connectivity index (χ1) is 10.1. The number of benzene rings is 1. The number of anilines is 1. The van der Waals surface area contributed by atoms with Gasteiger partial charge in [-0.15, -0.1) is 0 Å². The van der Waals surface area contributed by atoms with E-state index in [1.807, 2.05) is 12.1 Å². The number of aliphatic imine (C=N–C) groups is 1. The number of nitrogens with two attached hydrogens (primary N) is 1. The summed E-state index contributed by atoms with van der Waals surface area (Å²) in [5.74, 6) is 1.05. The molecule has 4 nitrogen and oxygen atoms in total. The summed E-state index contributed by atoms with van der Waals surface area (Å²) >= 11 is 0. The number of rotatable bonds is 5. The second-order valence-corrected chi connectivity index (χ2v) is 6.18. The third-order valence-corrected chi connectivity index (χ3v) is 3.92. The minimum atomic E-state index is 0.504. The summed E-state index contributed by atoms with van der Waals surface area (Å²) in [5.41, 5.74) is 8.18. The molecule has 1 aliphatic heterocycles. The highest BCUT2D eigenvalue weighted by atomic mass is 15.1. The van der Waals surface area contributed by atoms with E-state index >= 15 is 0 Å². The van der Waals surface area contributed by atoms with Crippen LogP contribution in [-0.2, 0) is 0 Å². The largest absolute Gasteiger partial charge is 0.370 e. The molecule has 4 heteroatoms. The molecule has 21 heavy (non-hydrogen) atoms. The Balaban J connectivity index is 1.75. The van der Waals surface area contributed by atoms with Crippen LogP contribution >= 0.6 is 0 Å². The molecule has 1 atom stereocenters. The Morgan fingerprint density at radius 1 is 1.24 bits per heavy atom. The molecule has 1 heterocycles. The summed E-state index contributed by atoms with van der Waals surface area (Å²) in [5, 5.41) is 3.14. The van der Waals surface area contributed by atoms with E-state index in [4.69, 9.17) is 5.73 Å². The zero-order chi connectivity index (χ0) is 15.1. The molecule has 0 amide bonds. The molecule has 0 aromatic heterocycles. The smallest absolute Gasteiger partial charge is 0.193 e. The molecule has 1 aliphatic rings. The molecule has 0 aliphatic carbocycles. The first-order valence-corrected chi connectivity index (χ1v) is 7.99. The lowest BCUT2D eigenvalue weighted by Crippen LogP contribution is -2.34. The van der Waals surface area contributed by atoms with Crippen molar-refractivity contribution in [2.45, 2.75) is 33.1 Å². The molecular formula is C17H28N4. The van der Waals surface area contributed by atoms with Gasteiger partial charge in [0.05, 0.1) is 0 Å². The van der Waals surface area contributed by atoms with Gasteiger partial charge in [-0.1, -0.05) is 31.0 Å². The summed E-state index contributed by atoms with van der Waals surface area (Å²) < 4.78 is 0. The van der Waals surface area contributed by atoms with Crippen LogP contribution in [0.5, 0.6) is 0 Å². The van der Waals surface area contributed by atoms with Crippen molar-refractivity contribution in [1.29, 1.82) is 0 Å². The third-order valence-electron chi connectivity index (χ3n) is 3.92. The molecule has 1 saturated heterocycles. The fraction of sp³-hybridized carbons (Fsp3) is 0.588. The minimum Gasteiger partial charge on any atom is -0.370 e. The maximum atomic E-state index is 5.95. The Bertz CT molecular complexity index is 446. The summed E-state index contributed by atoms with van der Waals surface area (Å²) in [6.45, 7) is 8.71. The van der Waals surface area contributed by atoms with Gasteiger partial charge in [0.25, 0.3) is 0 Å². The lowest BCUT2D eigenvalue weighted by molar-refractivity contribution is 0.203. The Morgan fingerprint density at radius 3 is 2.57 bits per heavy atom. The third kappa shape index (κ3) is 5.76. The molecule has 0 radical (unpaired) electrons. The van der Waals surface area contributed by atoms with Crippen LogP contribution in [0.25, 0.3) is 0 Å². The highest BCUT2D eigenvalue weighted by Crippen LogP contribution is 2.11. The monoisotopic (exact) mass is 288 g/mol. The lowest BCUT2D eigenvalue weighted by atomic mass is 10.1. The van der Waals surface area contributed by atoms with Gasteiger partial charge < -0.3 is 16.0 Å². The Labute approximate surface area is 128 Å².